The summed E-state index contributed by atoms with van der Waals surface area (Å²) in [7, 11) is 0. The maximum absolute atomic E-state index is 10.2. The molecule has 5 unspecified atom stereocenters. The summed E-state index contributed by atoms with van der Waals surface area (Å²) < 4.78 is 6.17. The fourth-order valence-electron chi connectivity index (χ4n) is 3.33. The molecule has 0 bridgehead atoms. The van der Waals surface area contributed by atoms with Crippen LogP contribution in [-0.4, -0.2) is 23.4 Å². The van der Waals surface area contributed by atoms with Crippen molar-refractivity contribution in [2.75, 3.05) is 0 Å². The molecule has 2 nitrogen and oxygen atoms in total. The minimum absolute atomic E-state index is 0.0399. The van der Waals surface area contributed by atoms with Crippen LogP contribution in [0.1, 0.15) is 59.8 Å². The lowest BCUT2D eigenvalue weighted by atomic mass is 9.80. The van der Waals surface area contributed by atoms with Gasteiger partial charge in [-0.3, -0.25) is 0 Å². The van der Waals surface area contributed by atoms with Crippen LogP contribution in [0.25, 0.3) is 0 Å². The first-order chi connectivity index (χ1) is 7.90. The molecule has 2 aliphatic carbocycles. The molecule has 2 saturated carbocycles. The number of rotatable bonds is 2. The van der Waals surface area contributed by atoms with Crippen LogP contribution in [0.15, 0.2) is 0 Å². The van der Waals surface area contributed by atoms with Crippen molar-refractivity contribution >= 4 is 0 Å². The highest BCUT2D eigenvalue weighted by Gasteiger charge is 2.42. The molecule has 2 fully saturated rings. The van der Waals surface area contributed by atoms with E-state index in [4.69, 9.17) is 4.74 Å². The van der Waals surface area contributed by atoms with E-state index in [0.29, 0.717) is 6.10 Å². The largest absolute Gasteiger partial charge is 0.390 e. The van der Waals surface area contributed by atoms with Gasteiger partial charge in [-0.25, -0.2) is 0 Å². The summed E-state index contributed by atoms with van der Waals surface area (Å²) in [6.07, 6.45) is 5.91. The molecule has 0 aromatic rings. The molecule has 5 atom stereocenters. The molecule has 0 aromatic heterocycles. The average Bonchev–Trinajstić information content (AvgIpc) is 2.51. The number of aliphatic hydroxyl groups excluding tert-OH is 1. The standard InChI is InChI=1S/C15H28O2/c1-10-5-6-12(9-11(10)2)17-13-7-8-15(3,4)14(13)16/h10-14,16H,5-9H2,1-4H3. The maximum Gasteiger partial charge on any atom is 0.0852 e. The van der Waals surface area contributed by atoms with E-state index in [1.54, 1.807) is 0 Å². The maximum atomic E-state index is 10.2. The topological polar surface area (TPSA) is 29.5 Å². The van der Waals surface area contributed by atoms with Gasteiger partial charge < -0.3 is 9.84 Å². The summed E-state index contributed by atoms with van der Waals surface area (Å²) in [6.45, 7) is 8.96. The summed E-state index contributed by atoms with van der Waals surface area (Å²) in [6, 6.07) is 0. The molecule has 0 heterocycles. The smallest absolute Gasteiger partial charge is 0.0852 e. The first-order valence-corrected chi connectivity index (χ1v) is 7.23. The lowest BCUT2D eigenvalue weighted by Gasteiger charge is -2.35. The minimum Gasteiger partial charge on any atom is -0.390 e. The zero-order valence-electron chi connectivity index (χ0n) is 11.8. The lowest BCUT2D eigenvalue weighted by Crippen LogP contribution is -2.37. The summed E-state index contributed by atoms with van der Waals surface area (Å²) in [4.78, 5) is 0. The second-order valence-electron chi connectivity index (χ2n) is 7.04. The molecular weight excluding hydrogens is 212 g/mol. The number of aliphatic hydroxyl groups is 1. The number of hydrogen-bond acceptors (Lipinski definition) is 2. The van der Waals surface area contributed by atoms with Gasteiger partial charge in [-0.1, -0.05) is 27.7 Å². The predicted octanol–water partition coefficient (Wildman–Crippen LogP) is 3.38. The summed E-state index contributed by atoms with van der Waals surface area (Å²) in [5.41, 5.74) is 0.0399. The van der Waals surface area contributed by atoms with Crippen molar-refractivity contribution in [3.8, 4) is 0 Å². The van der Waals surface area contributed by atoms with E-state index in [1.165, 1.54) is 19.3 Å². The first-order valence-electron chi connectivity index (χ1n) is 7.23. The third-order valence-electron chi connectivity index (χ3n) is 5.14. The predicted molar refractivity (Wildman–Crippen MR) is 69.9 cm³/mol. The Balaban J connectivity index is 1.86. The van der Waals surface area contributed by atoms with Gasteiger partial charge in [0, 0.05) is 0 Å². The number of hydrogen-bond donors (Lipinski definition) is 1. The molecule has 0 radical (unpaired) electrons. The van der Waals surface area contributed by atoms with Gasteiger partial charge in [0.2, 0.25) is 0 Å². The van der Waals surface area contributed by atoms with Crippen LogP contribution in [0.4, 0.5) is 0 Å². The Morgan fingerprint density at radius 3 is 2.29 bits per heavy atom. The van der Waals surface area contributed by atoms with Gasteiger partial charge in [-0.2, -0.15) is 0 Å². The van der Waals surface area contributed by atoms with E-state index in [1.807, 2.05) is 0 Å². The fraction of sp³-hybridized carbons (Fsp3) is 1.00. The third kappa shape index (κ3) is 2.85. The van der Waals surface area contributed by atoms with Gasteiger partial charge in [0.05, 0.1) is 18.3 Å². The molecule has 0 amide bonds. The van der Waals surface area contributed by atoms with Crippen LogP contribution in [0, 0.1) is 17.3 Å². The molecule has 0 aliphatic heterocycles. The summed E-state index contributed by atoms with van der Waals surface area (Å²) >= 11 is 0. The SMILES string of the molecule is CC1CCC(OC2CCC(C)(C)C2O)CC1C. The van der Waals surface area contributed by atoms with E-state index in [2.05, 4.69) is 27.7 Å². The van der Waals surface area contributed by atoms with Crippen molar-refractivity contribution in [3.05, 3.63) is 0 Å². The van der Waals surface area contributed by atoms with Gasteiger partial charge in [0.25, 0.3) is 0 Å². The molecule has 2 aliphatic rings. The fourth-order valence-corrected chi connectivity index (χ4v) is 3.33. The van der Waals surface area contributed by atoms with Crippen molar-refractivity contribution in [2.24, 2.45) is 17.3 Å². The second-order valence-corrected chi connectivity index (χ2v) is 7.04. The third-order valence-corrected chi connectivity index (χ3v) is 5.14. The van der Waals surface area contributed by atoms with Crippen molar-refractivity contribution in [3.63, 3.8) is 0 Å². The quantitative estimate of drug-likeness (QED) is 0.802. The Hall–Kier alpha value is -0.0800. The number of ether oxygens (including phenoxy) is 1. The normalized spacial score (nSPS) is 46.1. The van der Waals surface area contributed by atoms with Crippen LogP contribution < -0.4 is 0 Å². The van der Waals surface area contributed by atoms with Crippen LogP contribution >= 0.6 is 0 Å². The van der Waals surface area contributed by atoms with Gasteiger partial charge in [-0.15, -0.1) is 0 Å². The van der Waals surface area contributed by atoms with Crippen molar-refractivity contribution in [1.82, 2.24) is 0 Å². The van der Waals surface area contributed by atoms with Crippen molar-refractivity contribution in [1.29, 1.82) is 0 Å². The molecule has 100 valence electrons. The first kappa shape index (κ1) is 13.4. The minimum atomic E-state index is -0.280. The monoisotopic (exact) mass is 240 g/mol. The zero-order chi connectivity index (χ0) is 12.6. The van der Waals surface area contributed by atoms with Crippen molar-refractivity contribution in [2.45, 2.75) is 78.1 Å². The van der Waals surface area contributed by atoms with Crippen LogP contribution in [0.3, 0.4) is 0 Å². The molecule has 17 heavy (non-hydrogen) atoms. The molecule has 2 rings (SSSR count). The highest BCUT2D eigenvalue weighted by Crippen LogP contribution is 2.41. The van der Waals surface area contributed by atoms with Crippen LogP contribution in [0.5, 0.6) is 0 Å². The van der Waals surface area contributed by atoms with Crippen LogP contribution in [-0.2, 0) is 4.74 Å². The van der Waals surface area contributed by atoms with E-state index in [0.717, 1.165) is 24.7 Å². The molecule has 2 heteroatoms. The van der Waals surface area contributed by atoms with E-state index >= 15 is 0 Å². The summed E-state index contributed by atoms with van der Waals surface area (Å²) in [5, 5.41) is 10.2. The van der Waals surface area contributed by atoms with Gasteiger partial charge >= 0.3 is 0 Å². The molecule has 0 spiro atoms. The van der Waals surface area contributed by atoms with Gasteiger partial charge in [-0.05, 0) is 49.4 Å². The molecular formula is C15H28O2. The molecule has 0 aromatic carbocycles. The highest BCUT2D eigenvalue weighted by atomic mass is 16.5. The van der Waals surface area contributed by atoms with Crippen LogP contribution in [0.2, 0.25) is 0 Å². The summed E-state index contributed by atoms with van der Waals surface area (Å²) in [5.74, 6) is 1.60. The van der Waals surface area contributed by atoms with E-state index in [9.17, 15) is 5.11 Å². The Bertz CT molecular complexity index is 262. The zero-order valence-corrected chi connectivity index (χ0v) is 11.8. The Labute approximate surface area is 106 Å². The Kier molecular flexibility index (Phi) is 3.84. The van der Waals surface area contributed by atoms with Crippen molar-refractivity contribution < 1.29 is 9.84 Å². The van der Waals surface area contributed by atoms with E-state index < -0.39 is 0 Å². The Morgan fingerprint density at radius 2 is 1.76 bits per heavy atom. The van der Waals surface area contributed by atoms with Gasteiger partial charge in [0.15, 0.2) is 0 Å². The second kappa shape index (κ2) is 4.89. The van der Waals surface area contributed by atoms with E-state index in [-0.39, 0.29) is 17.6 Å². The lowest BCUT2D eigenvalue weighted by molar-refractivity contribution is -0.101. The van der Waals surface area contributed by atoms with Gasteiger partial charge in [0.1, 0.15) is 0 Å². The Morgan fingerprint density at radius 1 is 1.06 bits per heavy atom. The average molecular weight is 240 g/mol. The molecule has 1 N–H and O–H groups in total. The molecule has 0 saturated heterocycles. The highest BCUT2D eigenvalue weighted by molar-refractivity contribution is 4.93.